The van der Waals surface area contributed by atoms with Gasteiger partial charge in [-0.3, -0.25) is 0 Å². The van der Waals surface area contributed by atoms with Crippen molar-refractivity contribution in [1.29, 1.82) is 0 Å². The molecule has 1 unspecified atom stereocenters. The number of rotatable bonds is 4. The standard InChI is InChI=1S/C13H16ClNO2/c1-9(6-14)7-16-10-3-4-11-12(15-2)8-17-13(11)5-10/h3-6,12,15H,7-8H2,1-2H3/b9-6+. The van der Waals surface area contributed by atoms with Gasteiger partial charge in [-0.05, 0) is 31.7 Å². The summed E-state index contributed by atoms with van der Waals surface area (Å²) in [6, 6.07) is 6.20. The largest absolute Gasteiger partial charge is 0.491 e. The minimum absolute atomic E-state index is 0.281. The third kappa shape index (κ3) is 2.73. The van der Waals surface area contributed by atoms with Gasteiger partial charge in [0, 0.05) is 17.2 Å². The van der Waals surface area contributed by atoms with Gasteiger partial charge in [0.1, 0.15) is 24.7 Å². The number of hydrogen-bond donors (Lipinski definition) is 1. The molecule has 0 radical (unpaired) electrons. The van der Waals surface area contributed by atoms with Crippen molar-refractivity contribution in [1.82, 2.24) is 5.32 Å². The van der Waals surface area contributed by atoms with Gasteiger partial charge in [-0.1, -0.05) is 11.6 Å². The van der Waals surface area contributed by atoms with Crippen LogP contribution in [0.3, 0.4) is 0 Å². The van der Waals surface area contributed by atoms with Crippen molar-refractivity contribution in [3.05, 3.63) is 34.9 Å². The maximum absolute atomic E-state index is 5.60. The molecule has 1 aromatic rings. The van der Waals surface area contributed by atoms with Crippen molar-refractivity contribution in [3.8, 4) is 11.5 Å². The van der Waals surface area contributed by atoms with Crippen LogP contribution in [0.15, 0.2) is 29.3 Å². The highest BCUT2D eigenvalue weighted by atomic mass is 35.5. The molecule has 3 nitrogen and oxygen atoms in total. The summed E-state index contributed by atoms with van der Waals surface area (Å²) in [6.07, 6.45) is 0. The highest BCUT2D eigenvalue weighted by Gasteiger charge is 2.22. The zero-order valence-electron chi connectivity index (χ0n) is 10.00. The van der Waals surface area contributed by atoms with E-state index in [1.165, 1.54) is 11.1 Å². The average molecular weight is 254 g/mol. The highest BCUT2D eigenvalue weighted by Crippen LogP contribution is 2.35. The summed E-state index contributed by atoms with van der Waals surface area (Å²) in [5.74, 6) is 1.70. The number of nitrogens with one attached hydrogen (secondary N) is 1. The summed E-state index contributed by atoms with van der Waals surface area (Å²) in [4.78, 5) is 0. The molecule has 0 saturated carbocycles. The van der Waals surface area contributed by atoms with Gasteiger partial charge in [-0.25, -0.2) is 0 Å². The van der Waals surface area contributed by atoms with Crippen LogP contribution >= 0.6 is 11.6 Å². The van der Waals surface area contributed by atoms with E-state index in [1.807, 2.05) is 32.2 Å². The Balaban J connectivity index is 2.08. The topological polar surface area (TPSA) is 30.5 Å². The molecule has 2 rings (SSSR count). The number of ether oxygens (including phenoxy) is 2. The van der Waals surface area contributed by atoms with E-state index >= 15 is 0 Å². The van der Waals surface area contributed by atoms with Gasteiger partial charge in [0.25, 0.3) is 0 Å². The Morgan fingerprint density at radius 3 is 3.18 bits per heavy atom. The fourth-order valence-electron chi connectivity index (χ4n) is 1.75. The molecule has 1 aliphatic rings. The van der Waals surface area contributed by atoms with Crippen molar-refractivity contribution in [3.63, 3.8) is 0 Å². The summed E-state index contributed by atoms with van der Waals surface area (Å²) in [7, 11) is 1.93. The third-order valence-corrected chi connectivity index (χ3v) is 3.14. The van der Waals surface area contributed by atoms with Crippen molar-refractivity contribution in [2.45, 2.75) is 13.0 Å². The molecule has 1 N–H and O–H groups in total. The lowest BCUT2D eigenvalue weighted by Crippen LogP contribution is -2.17. The number of benzene rings is 1. The van der Waals surface area contributed by atoms with Gasteiger partial charge in [0.05, 0.1) is 6.04 Å². The molecular weight excluding hydrogens is 238 g/mol. The molecule has 17 heavy (non-hydrogen) atoms. The first-order valence-electron chi connectivity index (χ1n) is 5.57. The zero-order valence-corrected chi connectivity index (χ0v) is 10.8. The van der Waals surface area contributed by atoms with E-state index in [1.54, 1.807) is 0 Å². The molecule has 1 heterocycles. The van der Waals surface area contributed by atoms with Gasteiger partial charge in [-0.15, -0.1) is 0 Å². The molecule has 0 aliphatic carbocycles. The molecule has 0 bridgehead atoms. The van der Waals surface area contributed by atoms with E-state index in [4.69, 9.17) is 21.1 Å². The third-order valence-electron chi connectivity index (χ3n) is 2.77. The number of likely N-dealkylation sites (N-methyl/N-ethyl adjacent to an activating group) is 1. The highest BCUT2D eigenvalue weighted by molar-refractivity contribution is 6.25. The van der Waals surface area contributed by atoms with Crippen molar-refractivity contribution < 1.29 is 9.47 Å². The molecule has 0 aromatic heterocycles. The van der Waals surface area contributed by atoms with Crippen LogP contribution in [0.5, 0.6) is 11.5 Å². The number of hydrogen-bond acceptors (Lipinski definition) is 3. The van der Waals surface area contributed by atoms with E-state index in [0.717, 1.165) is 17.1 Å². The Labute approximate surface area is 106 Å². The summed E-state index contributed by atoms with van der Waals surface area (Å²) in [5, 5.41) is 3.21. The summed E-state index contributed by atoms with van der Waals surface area (Å²) in [5.41, 5.74) is 3.70. The van der Waals surface area contributed by atoms with Crippen LogP contribution in [0.25, 0.3) is 0 Å². The lowest BCUT2D eigenvalue weighted by atomic mass is 10.1. The molecule has 4 heteroatoms. The van der Waals surface area contributed by atoms with Crippen LogP contribution in [0.1, 0.15) is 18.5 Å². The van der Waals surface area contributed by atoms with Crippen molar-refractivity contribution in [2.75, 3.05) is 20.3 Å². The molecule has 0 saturated heterocycles. The van der Waals surface area contributed by atoms with E-state index < -0.39 is 0 Å². The Morgan fingerprint density at radius 2 is 2.47 bits per heavy atom. The molecule has 0 fully saturated rings. The van der Waals surface area contributed by atoms with Crippen molar-refractivity contribution in [2.24, 2.45) is 0 Å². The SMILES string of the molecule is CNC1COc2cc(OC/C(C)=C/Cl)ccc21. The second-order valence-electron chi connectivity index (χ2n) is 4.10. The Morgan fingerprint density at radius 1 is 1.65 bits per heavy atom. The first kappa shape index (κ1) is 12.3. The van der Waals surface area contributed by atoms with Gasteiger partial charge >= 0.3 is 0 Å². The second-order valence-corrected chi connectivity index (χ2v) is 4.31. The summed E-state index contributed by atoms with van der Waals surface area (Å²) in [6.45, 7) is 3.10. The first-order valence-corrected chi connectivity index (χ1v) is 6.01. The molecule has 92 valence electrons. The fraction of sp³-hybridized carbons (Fsp3) is 0.385. The van der Waals surface area contributed by atoms with Crippen LogP contribution < -0.4 is 14.8 Å². The Kier molecular flexibility index (Phi) is 3.92. The van der Waals surface area contributed by atoms with Gasteiger partial charge < -0.3 is 14.8 Å². The maximum Gasteiger partial charge on any atom is 0.127 e. The monoisotopic (exact) mass is 253 g/mol. The summed E-state index contributed by atoms with van der Waals surface area (Å²) < 4.78 is 11.2. The van der Waals surface area contributed by atoms with E-state index in [0.29, 0.717) is 13.2 Å². The van der Waals surface area contributed by atoms with Crippen LogP contribution in [0.2, 0.25) is 0 Å². The minimum Gasteiger partial charge on any atom is -0.491 e. The number of fused-ring (bicyclic) bond motifs is 1. The first-order chi connectivity index (χ1) is 8.24. The van der Waals surface area contributed by atoms with Crippen LogP contribution in [0, 0.1) is 0 Å². The van der Waals surface area contributed by atoms with E-state index in [2.05, 4.69) is 5.32 Å². The smallest absolute Gasteiger partial charge is 0.127 e. The van der Waals surface area contributed by atoms with E-state index in [-0.39, 0.29) is 6.04 Å². The van der Waals surface area contributed by atoms with Crippen LogP contribution in [-0.4, -0.2) is 20.3 Å². The Bertz CT molecular complexity index is 431. The number of halogens is 1. The van der Waals surface area contributed by atoms with Gasteiger partial charge in [0.2, 0.25) is 0 Å². The van der Waals surface area contributed by atoms with Crippen LogP contribution in [0.4, 0.5) is 0 Å². The molecule has 1 atom stereocenters. The van der Waals surface area contributed by atoms with Crippen molar-refractivity contribution >= 4 is 11.6 Å². The van der Waals surface area contributed by atoms with E-state index in [9.17, 15) is 0 Å². The normalized spacial score (nSPS) is 18.8. The van der Waals surface area contributed by atoms with Crippen LogP contribution in [-0.2, 0) is 0 Å². The molecule has 0 amide bonds. The molecule has 1 aliphatic heterocycles. The average Bonchev–Trinajstić information content (AvgIpc) is 2.78. The molecular formula is C13H16ClNO2. The predicted octanol–water partition coefficient (Wildman–Crippen LogP) is 2.86. The van der Waals surface area contributed by atoms with Gasteiger partial charge in [-0.2, -0.15) is 0 Å². The summed E-state index contributed by atoms with van der Waals surface area (Å²) >= 11 is 5.57. The minimum atomic E-state index is 0.281. The second kappa shape index (κ2) is 5.43. The maximum atomic E-state index is 5.60. The lowest BCUT2D eigenvalue weighted by Gasteiger charge is -2.09. The lowest BCUT2D eigenvalue weighted by molar-refractivity contribution is 0.314. The molecule has 0 spiro atoms. The van der Waals surface area contributed by atoms with Gasteiger partial charge in [0.15, 0.2) is 0 Å². The Hall–Kier alpha value is -1.19. The molecule has 1 aromatic carbocycles. The quantitative estimate of drug-likeness (QED) is 0.895. The predicted molar refractivity (Wildman–Crippen MR) is 68.8 cm³/mol. The fourth-order valence-corrected chi connectivity index (χ4v) is 1.81. The zero-order chi connectivity index (χ0) is 12.3.